The fourth-order valence-electron chi connectivity index (χ4n) is 2.37. The molecule has 0 saturated carbocycles. The Morgan fingerprint density at radius 1 is 1.12 bits per heavy atom. The fraction of sp³-hybridized carbons (Fsp3) is 0.222. The molecule has 0 fully saturated rings. The van der Waals surface area contributed by atoms with E-state index in [-0.39, 0.29) is 5.91 Å². The Bertz CT molecular complexity index is 802. The number of fused-ring (bicyclic) bond motifs is 1. The number of thiocarbonyl (C=S) groups is 1. The minimum atomic E-state index is -0.383. The predicted molar refractivity (Wildman–Crippen MR) is 104 cm³/mol. The van der Waals surface area contributed by atoms with Gasteiger partial charge in [0.05, 0.1) is 18.2 Å². The van der Waals surface area contributed by atoms with Gasteiger partial charge < -0.3 is 14.8 Å². The van der Waals surface area contributed by atoms with E-state index in [1.807, 2.05) is 30.3 Å². The minimum absolute atomic E-state index is 0.308. The van der Waals surface area contributed by atoms with Crippen LogP contribution in [0.15, 0.2) is 42.5 Å². The Morgan fingerprint density at radius 3 is 2.69 bits per heavy atom. The molecule has 1 aliphatic heterocycles. The summed E-state index contributed by atoms with van der Waals surface area (Å²) in [5.74, 6) is 0.546. The van der Waals surface area contributed by atoms with Crippen molar-refractivity contribution in [2.75, 3.05) is 13.2 Å². The van der Waals surface area contributed by atoms with Crippen molar-refractivity contribution < 1.29 is 14.3 Å². The van der Waals surface area contributed by atoms with Crippen molar-refractivity contribution in [2.45, 2.75) is 13.0 Å². The Kier molecular flexibility index (Phi) is 6.14. The van der Waals surface area contributed by atoms with Crippen LogP contribution in [0.5, 0.6) is 11.5 Å². The number of hydrogen-bond donors (Lipinski definition) is 3. The summed E-state index contributed by atoms with van der Waals surface area (Å²) in [6.45, 7) is 1.60. The zero-order chi connectivity index (χ0) is 18.4. The molecule has 0 unspecified atom stereocenters. The van der Waals surface area contributed by atoms with Crippen LogP contribution in [0.3, 0.4) is 0 Å². The first-order valence-electron chi connectivity index (χ1n) is 8.11. The lowest BCUT2D eigenvalue weighted by Gasteiger charge is -2.14. The maximum Gasteiger partial charge on any atom is 0.269 e. The smallest absolute Gasteiger partial charge is 0.269 e. The number of hydrogen-bond acceptors (Lipinski definition) is 4. The summed E-state index contributed by atoms with van der Waals surface area (Å²) in [7, 11) is 0. The van der Waals surface area contributed by atoms with Gasteiger partial charge in [-0.15, -0.1) is 0 Å². The Hall–Kier alpha value is -2.51. The molecule has 8 heteroatoms. The number of carbonyl (C=O) groups is 1. The molecule has 0 aromatic heterocycles. The molecular formula is C18H18ClN3O3S. The van der Waals surface area contributed by atoms with Crippen LogP contribution in [0, 0.1) is 0 Å². The van der Waals surface area contributed by atoms with Crippen LogP contribution in [0.4, 0.5) is 0 Å². The first-order chi connectivity index (χ1) is 12.6. The zero-order valence-corrected chi connectivity index (χ0v) is 15.5. The van der Waals surface area contributed by atoms with E-state index in [0.29, 0.717) is 47.0 Å². The second-order valence-electron chi connectivity index (χ2n) is 5.58. The Morgan fingerprint density at radius 2 is 1.88 bits per heavy atom. The molecule has 0 aliphatic carbocycles. The third-order valence-corrected chi connectivity index (χ3v) is 4.18. The van der Waals surface area contributed by atoms with E-state index in [2.05, 4.69) is 16.2 Å². The van der Waals surface area contributed by atoms with Gasteiger partial charge in [-0.05, 0) is 29.9 Å². The maximum absolute atomic E-state index is 12.3. The number of hydrazine groups is 1. The van der Waals surface area contributed by atoms with Crippen LogP contribution in [0.1, 0.15) is 22.3 Å². The average molecular weight is 392 g/mol. The number of benzene rings is 2. The summed E-state index contributed by atoms with van der Waals surface area (Å²) in [6, 6.07) is 12.9. The van der Waals surface area contributed by atoms with E-state index in [0.717, 1.165) is 12.0 Å². The molecule has 0 saturated heterocycles. The van der Waals surface area contributed by atoms with Crippen molar-refractivity contribution in [3.8, 4) is 11.5 Å². The van der Waals surface area contributed by atoms with Gasteiger partial charge in [-0.2, -0.15) is 0 Å². The number of amides is 1. The third-order valence-electron chi connectivity index (χ3n) is 3.65. The van der Waals surface area contributed by atoms with Gasteiger partial charge >= 0.3 is 0 Å². The van der Waals surface area contributed by atoms with Crippen LogP contribution in [-0.4, -0.2) is 24.2 Å². The van der Waals surface area contributed by atoms with E-state index >= 15 is 0 Å². The van der Waals surface area contributed by atoms with Gasteiger partial charge in [0.25, 0.3) is 5.91 Å². The first kappa shape index (κ1) is 18.3. The summed E-state index contributed by atoms with van der Waals surface area (Å²) < 4.78 is 11.1. The molecule has 136 valence electrons. The number of rotatable bonds is 3. The van der Waals surface area contributed by atoms with Crippen molar-refractivity contribution >= 4 is 34.8 Å². The number of carbonyl (C=O) groups excluding carboxylic acids is 1. The Balaban J connectivity index is 1.55. The summed E-state index contributed by atoms with van der Waals surface area (Å²) in [5.41, 5.74) is 6.63. The molecule has 0 bridgehead atoms. The van der Waals surface area contributed by atoms with E-state index in [1.165, 1.54) is 6.07 Å². The minimum Gasteiger partial charge on any atom is -0.489 e. The highest BCUT2D eigenvalue weighted by molar-refractivity contribution is 7.80. The average Bonchev–Trinajstić information content (AvgIpc) is 2.91. The van der Waals surface area contributed by atoms with Crippen molar-refractivity contribution in [1.82, 2.24) is 16.2 Å². The van der Waals surface area contributed by atoms with Crippen molar-refractivity contribution in [2.24, 2.45) is 0 Å². The van der Waals surface area contributed by atoms with E-state index in [4.69, 9.17) is 33.3 Å². The zero-order valence-electron chi connectivity index (χ0n) is 13.9. The molecule has 0 atom stereocenters. The second kappa shape index (κ2) is 8.73. The van der Waals surface area contributed by atoms with E-state index in [9.17, 15) is 4.79 Å². The standard InChI is InChI=1S/C18H18ClN3O3S/c19-14-9-13(10-15-16(14)25-8-4-7-24-15)17(23)21-22-18(26)20-11-12-5-2-1-3-6-12/h1-3,5-6,9-10H,4,7-8,11H2,(H,21,23)(H2,20,22,26). The number of ether oxygens (including phenoxy) is 2. The van der Waals surface area contributed by atoms with E-state index < -0.39 is 0 Å². The van der Waals surface area contributed by atoms with Gasteiger partial charge in [0, 0.05) is 18.5 Å². The SMILES string of the molecule is O=C(NNC(=S)NCc1ccccc1)c1cc(Cl)c2c(c1)OCCCO2. The molecule has 1 heterocycles. The molecule has 2 aromatic rings. The van der Waals surface area contributed by atoms with Crippen molar-refractivity contribution in [3.05, 3.63) is 58.6 Å². The largest absolute Gasteiger partial charge is 0.489 e. The lowest BCUT2D eigenvalue weighted by molar-refractivity contribution is 0.0943. The topological polar surface area (TPSA) is 71.6 Å². The molecule has 3 rings (SSSR count). The molecule has 2 aromatic carbocycles. The van der Waals surface area contributed by atoms with Gasteiger partial charge in [0.1, 0.15) is 0 Å². The molecule has 0 spiro atoms. The van der Waals surface area contributed by atoms with Crippen LogP contribution in [-0.2, 0) is 6.54 Å². The van der Waals surface area contributed by atoms with Crippen LogP contribution < -0.4 is 25.6 Å². The quantitative estimate of drug-likeness (QED) is 0.552. The molecular weight excluding hydrogens is 374 g/mol. The lowest BCUT2D eigenvalue weighted by atomic mass is 10.2. The van der Waals surface area contributed by atoms with Crippen LogP contribution >= 0.6 is 23.8 Å². The summed E-state index contributed by atoms with van der Waals surface area (Å²) >= 11 is 11.4. The van der Waals surface area contributed by atoms with Crippen molar-refractivity contribution in [3.63, 3.8) is 0 Å². The monoisotopic (exact) mass is 391 g/mol. The van der Waals surface area contributed by atoms with Gasteiger partial charge in [-0.1, -0.05) is 41.9 Å². The molecule has 0 radical (unpaired) electrons. The highest BCUT2D eigenvalue weighted by atomic mass is 35.5. The summed E-state index contributed by atoms with van der Waals surface area (Å²) in [4.78, 5) is 12.3. The predicted octanol–water partition coefficient (Wildman–Crippen LogP) is 2.81. The fourth-order valence-corrected chi connectivity index (χ4v) is 2.76. The number of halogens is 1. The molecule has 1 amide bonds. The maximum atomic E-state index is 12.3. The summed E-state index contributed by atoms with van der Waals surface area (Å²) in [5, 5.41) is 3.65. The Labute approximate surface area is 161 Å². The van der Waals surface area contributed by atoms with Gasteiger partial charge in [-0.25, -0.2) is 0 Å². The summed E-state index contributed by atoms with van der Waals surface area (Å²) in [6.07, 6.45) is 0.759. The first-order valence-corrected chi connectivity index (χ1v) is 8.89. The van der Waals surface area contributed by atoms with Crippen molar-refractivity contribution in [1.29, 1.82) is 0 Å². The number of nitrogens with one attached hydrogen (secondary N) is 3. The molecule has 1 aliphatic rings. The normalized spacial score (nSPS) is 12.7. The van der Waals surface area contributed by atoms with Crippen LogP contribution in [0.2, 0.25) is 5.02 Å². The molecule has 3 N–H and O–H groups in total. The van der Waals surface area contributed by atoms with Gasteiger partial charge in [0.15, 0.2) is 16.6 Å². The van der Waals surface area contributed by atoms with Crippen LogP contribution in [0.25, 0.3) is 0 Å². The van der Waals surface area contributed by atoms with Gasteiger partial charge in [-0.3, -0.25) is 15.6 Å². The third kappa shape index (κ3) is 4.77. The molecule has 26 heavy (non-hydrogen) atoms. The highest BCUT2D eigenvalue weighted by Crippen LogP contribution is 2.37. The van der Waals surface area contributed by atoms with E-state index in [1.54, 1.807) is 6.07 Å². The second-order valence-corrected chi connectivity index (χ2v) is 6.40. The molecule has 6 nitrogen and oxygen atoms in total. The lowest BCUT2D eigenvalue weighted by Crippen LogP contribution is -2.46. The highest BCUT2D eigenvalue weighted by Gasteiger charge is 2.18. The van der Waals surface area contributed by atoms with Gasteiger partial charge in [0.2, 0.25) is 0 Å².